The summed E-state index contributed by atoms with van der Waals surface area (Å²) in [6, 6.07) is 51.5. The Kier molecular flexibility index (Phi) is 12.2. The van der Waals surface area contributed by atoms with Crippen LogP contribution in [0.1, 0.15) is 0 Å². The molecule has 6 rings (SSSR count). The number of para-hydroxylation sites is 2. The Bertz CT molecular complexity index is 1420. The molecule has 0 aliphatic rings. The molecule has 6 heteroatoms. The first-order valence-electron chi connectivity index (χ1n) is 13.1. The van der Waals surface area contributed by atoms with E-state index in [1.54, 1.807) is 0 Å². The first kappa shape index (κ1) is 31.5. The van der Waals surface area contributed by atoms with Crippen LogP contribution in [0.25, 0.3) is 44.5 Å². The van der Waals surface area contributed by atoms with E-state index in [1.807, 2.05) is 158 Å². The van der Waals surface area contributed by atoms with Crippen molar-refractivity contribution in [1.29, 1.82) is 0 Å². The number of phenols is 2. The van der Waals surface area contributed by atoms with Gasteiger partial charge in [0.2, 0.25) is 0 Å². The van der Waals surface area contributed by atoms with Crippen LogP contribution in [-0.2, 0) is 15.2 Å². The van der Waals surface area contributed by atoms with Crippen LogP contribution in [0.3, 0.4) is 0 Å². The van der Waals surface area contributed by atoms with Crippen LogP contribution < -0.4 is 0 Å². The fourth-order valence-electron chi connectivity index (χ4n) is 4.49. The number of benzene rings is 6. The molecule has 42 heavy (non-hydrogen) atoms. The van der Waals surface area contributed by atoms with Crippen molar-refractivity contribution in [3.8, 4) is 56.0 Å². The summed E-state index contributed by atoms with van der Waals surface area (Å²) >= 11 is -2.18. The zero-order valence-corrected chi connectivity index (χ0v) is 28.0. The number of halogens is 3. The van der Waals surface area contributed by atoms with Gasteiger partial charge < -0.3 is 10.2 Å². The van der Waals surface area contributed by atoms with Gasteiger partial charge in [0.25, 0.3) is 0 Å². The molecule has 0 spiro atoms. The van der Waals surface area contributed by atoms with E-state index < -0.39 is 15.2 Å². The van der Waals surface area contributed by atoms with Crippen molar-refractivity contribution in [3.63, 3.8) is 0 Å². The van der Waals surface area contributed by atoms with Gasteiger partial charge in [-0.3, -0.25) is 0 Å². The van der Waals surface area contributed by atoms with Gasteiger partial charge in [-0.05, 0) is 22.3 Å². The van der Waals surface area contributed by atoms with Crippen molar-refractivity contribution in [2.24, 2.45) is 0 Å². The Labute approximate surface area is 265 Å². The summed E-state index contributed by atoms with van der Waals surface area (Å²) in [5, 5.41) is 21.0. The molecule has 0 fully saturated rings. The molecule has 6 aromatic rings. The fourth-order valence-corrected chi connectivity index (χ4v) is 4.49. The zero-order chi connectivity index (χ0) is 29.7. The summed E-state index contributed by atoms with van der Waals surface area (Å²) in [5.41, 5.74) is 7.55. The molecular weight excluding hydrogens is 752 g/mol. The number of hydrogen-bond acceptors (Lipinski definition) is 2. The Morgan fingerprint density at radius 3 is 0.690 bits per heavy atom. The van der Waals surface area contributed by atoms with E-state index in [-0.39, 0.29) is 0 Å². The van der Waals surface area contributed by atoms with Crippen molar-refractivity contribution in [3.05, 3.63) is 158 Å². The first-order chi connectivity index (χ1) is 20.5. The van der Waals surface area contributed by atoms with Crippen LogP contribution in [0.5, 0.6) is 11.5 Å². The molecule has 6 aromatic carbocycles. The van der Waals surface area contributed by atoms with E-state index in [4.69, 9.17) is 27.6 Å². The van der Waals surface area contributed by atoms with E-state index >= 15 is 0 Å². The third kappa shape index (κ3) is 8.77. The quantitative estimate of drug-likeness (QED) is 0.187. The second kappa shape index (κ2) is 16.2. The van der Waals surface area contributed by atoms with Gasteiger partial charge in [-0.25, -0.2) is 0 Å². The summed E-state index contributed by atoms with van der Waals surface area (Å²) < 4.78 is 0. The third-order valence-corrected chi connectivity index (χ3v) is 6.41. The molecule has 0 atom stereocenters. The number of phenolic OH excluding ortho intramolecular Hbond substituents is 2. The van der Waals surface area contributed by atoms with Gasteiger partial charge in [0, 0.05) is 22.3 Å². The Balaban J connectivity index is 0.000000171. The third-order valence-electron chi connectivity index (χ3n) is 6.41. The van der Waals surface area contributed by atoms with Crippen molar-refractivity contribution in [2.75, 3.05) is 0 Å². The minimum atomic E-state index is -2.18. The number of aromatic hydroxyl groups is 2. The number of rotatable bonds is 4. The van der Waals surface area contributed by atoms with Crippen LogP contribution in [0, 0.1) is 0 Å². The van der Waals surface area contributed by atoms with Gasteiger partial charge in [-0.1, -0.05) is 158 Å². The maximum absolute atomic E-state index is 10.5. The maximum atomic E-state index is 10.5. The normalized spacial score (nSPS) is 10.2. The van der Waals surface area contributed by atoms with Crippen molar-refractivity contribution in [2.45, 2.75) is 0 Å². The van der Waals surface area contributed by atoms with E-state index in [9.17, 15) is 10.2 Å². The van der Waals surface area contributed by atoms with E-state index in [1.165, 1.54) is 0 Å². The Morgan fingerprint density at radius 1 is 0.310 bits per heavy atom. The average Bonchev–Trinajstić information content (AvgIpc) is 3.03. The van der Waals surface area contributed by atoms with Crippen LogP contribution in [0.15, 0.2) is 158 Å². The minimum absolute atomic E-state index is 0.333. The predicted octanol–water partition coefficient (Wildman–Crippen LogP) is 11.5. The molecule has 0 radical (unpaired) electrons. The molecular formula is C36H28Cl3O2Ta. The van der Waals surface area contributed by atoms with Gasteiger partial charge in [-0.15, -0.1) is 0 Å². The van der Waals surface area contributed by atoms with Crippen LogP contribution in [-0.4, -0.2) is 10.2 Å². The molecule has 0 heterocycles. The summed E-state index contributed by atoms with van der Waals surface area (Å²) in [6.45, 7) is 0. The summed E-state index contributed by atoms with van der Waals surface area (Å²) in [5.74, 6) is 0.666. The van der Waals surface area contributed by atoms with Crippen LogP contribution in [0.4, 0.5) is 0 Å². The molecule has 2 N–H and O–H groups in total. The fraction of sp³-hybridized carbons (Fsp3) is 0. The van der Waals surface area contributed by atoms with Crippen molar-refractivity contribution in [1.82, 2.24) is 0 Å². The van der Waals surface area contributed by atoms with Gasteiger partial charge in [-0.2, -0.15) is 0 Å². The Hall–Kier alpha value is -3.47. The summed E-state index contributed by atoms with van der Waals surface area (Å²) in [4.78, 5) is 0. The molecule has 0 bridgehead atoms. The molecule has 210 valence electrons. The van der Waals surface area contributed by atoms with Crippen LogP contribution in [0.2, 0.25) is 0 Å². The summed E-state index contributed by atoms with van der Waals surface area (Å²) in [6.07, 6.45) is 0. The van der Waals surface area contributed by atoms with E-state index in [2.05, 4.69) is 0 Å². The SMILES string of the molecule is Oc1c(-c2ccccc2)cccc1-c1ccccc1.Oc1c(-c2ccccc2)cccc1-c1ccccc1.[Cl][Ta]([Cl])[Cl]. The molecule has 0 aliphatic carbocycles. The van der Waals surface area contributed by atoms with Crippen molar-refractivity contribution < 1.29 is 25.4 Å². The molecule has 0 saturated carbocycles. The molecule has 0 saturated heterocycles. The molecule has 0 aromatic heterocycles. The molecule has 0 unspecified atom stereocenters. The standard InChI is InChI=1S/2C18H14O.3ClH.Ta/c2*19-18-16(14-8-3-1-4-9-14)12-7-13-17(18)15-10-5-2-6-11-15;;;;/h2*1-13,19H;3*1H;/q;;;;;+3/p-3. The summed E-state index contributed by atoms with van der Waals surface area (Å²) in [7, 11) is 15.0. The van der Waals surface area contributed by atoms with Gasteiger partial charge in [0.05, 0.1) is 0 Å². The van der Waals surface area contributed by atoms with E-state index in [0.29, 0.717) is 11.5 Å². The van der Waals surface area contributed by atoms with Crippen LogP contribution >= 0.6 is 27.6 Å². The Morgan fingerprint density at radius 2 is 0.500 bits per heavy atom. The van der Waals surface area contributed by atoms with E-state index in [0.717, 1.165) is 44.5 Å². The topological polar surface area (TPSA) is 40.5 Å². The second-order valence-electron chi connectivity index (χ2n) is 9.06. The van der Waals surface area contributed by atoms with Crippen molar-refractivity contribution >= 4 is 27.6 Å². The predicted molar refractivity (Wildman–Crippen MR) is 176 cm³/mol. The zero-order valence-electron chi connectivity index (χ0n) is 22.5. The van der Waals surface area contributed by atoms with Gasteiger partial charge >= 0.3 is 42.8 Å². The number of hydrogen-bond donors (Lipinski definition) is 2. The van der Waals surface area contributed by atoms with Gasteiger partial charge in [0.1, 0.15) is 11.5 Å². The average molecular weight is 780 g/mol. The van der Waals surface area contributed by atoms with Gasteiger partial charge in [0.15, 0.2) is 0 Å². The molecule has 0 amide bonds. The molecule has 2 nitrogen and oxygen atoms in total. The first-order valence-corrected chi connectivity index (χ1v) is 25.0. The monoisotopic (exact) mass is 778 g/mol. The second-order valence-corrected chi connectivity index (χ2v) is 23.0. The molecule has 0 aliphatic heterocycles.